The van der Waals surface area contributed by atoms with Crippen LogP contribution in [0.2, 0.25) is 0 Å². The Morgan fingerprint density at radius 3 is 2.78 bits per heavy atom. The van der Waals surface area contributed by atoms with E-state index in [1.807, 2.05) is 12.1 Å². The van der Waals surface area contributed by atoms with Gasteiger partial charge in [-0.3, -0.25) is 0 Å². The van der Waals surface area contributed by atoms with E-state index in [1.165, 1.54) is 0 Å². The van der Waals surface area contributed by atoms with Gasteiger partial charge in [-0.25, -0.2) is 4.98 Å². The molecule has 0 aliphatic heterocycles. The Kier molecular flexibility index (Phi) is 2.41. The van der Waals surface area contributed by atoms with Crippen molar-refractivity contribution >= 4 is 22.6 Å². The van der Waals surface area contributed by atoms with Gasteiger partial charge in [0.25, 0.3) is 0 Å². The minimum atomic E-state index is 0.0246. The minimum Gasteiger partial charge on any atom is -0.390 e. The number of aliphatic hydroxyl groups is 1. The minimum absolute atomic E-state index is 0.0246. The molecule has 0 fully saturated rings. The van der Waals surface area contributed by atoms with Crippen LogP contribution < -0.4 is 0 Å². The maximum atomic E-state index is 8.60. The number of nitrogens with zero attached hydrogens (tertiary/aromatic N) is 1. The number of pyridine rings is 1. The van der Waals surface area contributed by atoms with E-state index >= 15 is 0 Å². The first kappa shape index (κ1) is 6.95. The number of rotatable bonds is 1. The van der Waals surface area contributed by atoms with E-state index < -0.39 is 0 Å². The van der Waals surface area contributed by atoms with Gasteiger partial charge in [0.1, 0.15) is 3.70 Å². The number of hydrogen-bond acceptors (Lipinski definition) is 2. The topological polar surface area (TPSA) is 33.1 Å². The number of aromatic nitrogens is 1. The summed E-state index contributed by atoms with van der Waals surface area (Å²) < 4.78 is 0.916. The summed E-state index contributed by atoms with van der Waals surface area (Å²) in [6.45, 7) is 0.0246. The number of aliphatic hydroxyl groups excluding tert-OH is 1. The lowest BCUT2D eigenvalue weighted by atomic mass is 10.4. The molecule has 1 aromatic rings. The van der Waals surface area contributed by atoms with E-state index in [9.17, 15) is 0 Å². The second-order valence-electron chi connectivity index (χ2n) is 1.61. The molecule has 0 spiro atoms. The van der Waals surface area contributed by atoms with E-state index in [-0.39, 0.29) is 6.61 Å². The smallest absolute Gasteiger partial charge is 0.101 e. The fraction of sp³-hybridized carbons (Fsp3) is 0.167. The Bertz CT molecular complexity index is 202. The lowest BCUT2D eigenvalue weighted by molar-refractivity contribution is 0.276. The first-order valence-electron chi connectivity index (χ1n) is 2.55. The highest BCUT2D eigenvalue weighted by molar-refractivity contribution is 14.1. The normalized spacial score (nSPS) is 9.56. The zero-order valence-corrected chi connectivity index (χ0v) is 6.87. The van der Waals surface area contributed by atoms with Crippen LogP contribution in [-0.4, -0.2) is 10.1 Å². The monoisotopic (exact) mass is 235 g/mol. The largest absolute Gasteiger partial charge is 0.390 e. The van der Waals surface area contributed by atoms with Gasteiger partial charge in [0.2, 0.25) is 0 Å². The van der Waals surface area contributed by atoms with Crippen molar-refractivity contribution in [2.24, 2.45) is 0 Å². The molecule has 0 saturated heterocycles. The van der Waals surface area contributed by atoms with Crippen LogP contribution in [0.15, 0.2) is 18.2 Å². The third-order valence-corrected chi connectivity index (χ3v) is 1.54. The molecule has 0 aromatic carbocycles. The highest BCUT2D eigenvalue weighted by atomic mass is 127. The maximum absolute atomic E-state index is 8.60. The van der Waals surface area contributed by atoms with Crippen LogP contribution in [0.3, 0.4) is 0 Å². The van der Waals surface area contributed by atoms with Crippen molar-refractivity contribution in [1.82, 2.24) is 4.98 Å². The Balaban J connectivity index is 2.94. The van der Waals surface area contributed by atoms with Gasteiger partial charge in [0.05, 0.1) is 12.3 Å². The van der Waals surface area contributed by atoms with Crippen LogP contribution in [0.4, 0.5) is 0 Å². The van der Waals surface area contributed by atoms with E-state index in [2.05, 4.69) is 27.6 Å². The van der Waals surface area contributed by atoms with Gasteiger partial charge in [0, 0.05) is 0 Å². The van der Waals surface area contributed by atoms with Crippen molar-refractivity contribution < 1.29 is 5.11 Å². The van der Waals surface area contributed by atoms with Crippen molar-refractivity contribution in [3.63, 3.8) is 0 Å². The summed E-state index contributed by atoms with van der Waals surface area (Å²) in [6.07, 6.45) is 0. The molecule has 0 aliphatic carbocycles. The molecule has 2 nitrogen and oxygen atoms in total. The van der Waals surface area contributed by atoms with E-state index in [0.29, 0.717) is 0 Å². The molecule has 1 heterocycles. The summed E-state index contributed by atoms with van der Waals surface area (Å²) in [5.41, 5.74) is 0.724. The van der Waals surface area contributed by atoms with Gasteiger partial charge in [-0.05, 0) is 34.7 Å². The van der Waals surface area contributed by atoms with Gasteiger partial charge >= 0.3 is 0 Å². The third kappa shape index (κ3) is 1.91. The molecule has 0 saturated carbocycles. The van der Waals surface area contributed by atoms with Gasteiger partial charge in [-0.15, -0.1) is 0 Å². The second-order valence-corrected chi connectivity index (χ2v) is 2.72. The fourth-order valence-electron chi connectivity index (χ4n) is 0.538. The lowest BCUT2D eigenvalue weighted by Crippen LogP contribution is -1.88. The molecular weight excluding hydrogens is 229 g/mol. The van der Waals surface area contributed by atoms with E-state index in [1.54, 1.807) is 6.07 Å². The SMILES string of the molecule is OCc1cccc(I)n1. The van der Waals surface area contributed by atoms with Gasteiger partial charge in [-0.2, -0.15) is 0 Å². The van der Waals surface area contributed by atoms with Gasteiger partial charge in [-0.1, -0.05) is 6.07 Å². The molecule has 0 bridgehead atoms. The molecule has 0 amide bonds. The second kappa shape index (κ2) is 3.12. The van der Waals surface area contributed by atoms with Crippen LogP contribution in [-0.2, 0) is 6.61 Å². The predicted octanol–water partition coefficient (Wildman–Crippen LogP) is 1.18. The molecule has 1 N–H and O–H groups in total. The summed E-state index contributed by atoms with van der Waals surface area (Å²) in [6, 6.07) is 5.56. The van der Waals surface area contributed by atoms with E-state index in [4.69, 9.17) is 5.11 Å². The summed E-state index contributed by atoms with van der Waals surface area (Å²) in [7, 11) is 0. The molecule has 0 aliphatic rings. The first-order chi connectivity index (χ1) is 4.33. The van der Waals surface area contributed by atoms with Crippen LogP contribution in [0.25, 0.3) is 0 Å². The average Bonchev–Trinajstić information content (AvgIpc) is 1.88. The van der Waals surface area contributed by atoms with Crippen LogP contribution in [0.5, 0.6) is 0 Å². The molecule has 1 rings (SSSR count). The van der Waals surface area contributed by atoms with Crippen LogP contribution in [0.1, 0.15) is 5.69 Å². The standard InChI is InChI=1S/C6H6INO/c7-6-3-1-2-5(4-9)8-6/h1-3,9H,4H2. The summed E-state index contributed by atoms with van der Waals surface area (Å²) in [5, 5.41) is 8.60. The quantitative estimate of drug-likeness (QED) is 0.585. The average molecular weight is 235 g/mol. The van der Waals surface area contributed by atoms with Crippen LogP contribution >= 0.6 is 22.6 Å². The molecule has 9 heavy (non-hydrogen) atoms. The van der Waals surface area contributed by atoms with Crippen LogP contribution in [0, 0.1) is 3.70 Å². The molecular formula is C6H6INO. The van der Waals surface area contributed by atoms with Crippen molar-refractivity contribution in [2.45, 2.75) is 6.61 Å². The third-order valence-electron chi connectivity index (χ3n) is 0.935. The Labute approximate surface area is 67.1 Å². The summed E-state index contributed by atoms with van der Waals surface area (Å²) in [5.74, 6) is 0. The van der Waals surface area contributed by atoms with Crippen molar-refractivity contribution in [3.05, 3.63) is 27.6 Å². The molecule has 0 atom stereocenters. The van der Waals surface area contributed by atoms with Crippen molar-refractivity contribution in [3.8, 4) is 0 Å². The van der Waals surface area contributed by atoms with E-state index in [0.717, 1.165) is 9.39 Å². The molecule has 0 unspecified atom stereocenters. The fourth-order valence-corrected chi connectivity index (χ4v) is 1.06. The molecule has 3 heteroatoms. The van der Waals surface area contributed by atoms with Crippen molar-refractivity contribution in [1.29, 1.82) is 0 Å². The molecule has 0 radical (unpaired) electrons. The Morgan fingerprint density at radius 1 is 1.56 bits per heavy atom. The number of hydrogen-bond donors (Lipinski definition) is 1. The summed E-state index contributed by atoms with van der Waals surface area (Å²) >= 11 is 2.11. The Morgan fingerprint density at radius 2 is 2.33 bits per heavy atom. The van der Waals surface area contributed by atoms with Gasteiger partial charge < -0.3 is 5.11 Å². The lowest BCUT2D eigenvalue weighted by Gasteiger charge is -1.92. The maximum Gasteiger partial charge on any atom is 0.101 e. The Hall–Kier alpha value is -0.160. The zero-order chi connectivity index (χ0) is 6.69. The molecule has 1 aromatic heterocycles. The molecule has 48 valence electrons. The summed E-state index contributed by atoms with van der Waals surface area (Å²) in [4.78, 5) is 4.03. The first-order valence-corrected chi connectivity index (χ1v) is 3.63. The number of halogens is 1. The van der Waals surface area contributed by atoms with Gasteiger partial charge in [0.15, 0.2) is 0 Å². The van der Waals surface area contributed by atoms with Crippen molar-refractivity contribution in [2.75, 3.05) is 0 Å². The highest BCUT2D eigenvalue weighted by Gasteiger charge is 1.89. The predicted molar refractivity (Wildman–Crippen MR) is 42.9 cm³/mol. The zero-order valence-electron chi connectivity index (χ0n) is 4.71. The highest BCUT2D eigenvalue weighted by Crippen LogP contribution is 2.01.